The number of amides is 1. The van der Waals surface area contributed by atoms with Gasteiger partial charge in [0.1, 0.15) is 0 Å². The normalized spacial score (nSPS) is 12.6. The van der Waals surface area contributed by atoms with E-state index in [4.69, 9.17) is 4.74 Å². The van der Waals surface area contributed by atoms with E-state index in [2.05, 4.69) is 19.2 Å². The molecule has 3 N–H and O–H groups in total. The molecule has 0 radical (unpaired) electrons. The van der Waals surface area contributed by atoms with Crippen molar-refractivity contribution in [1.29, 1.82) is 0 Å². The molecule has 6 nitrogen and oxygen atoms in total. The van der Waals surface area contributed by atoms with E-state index in [-0.39, 0.29) is 18.5 Å². The molecule has 0 rings (SSSR count). The molecule has 0 spiro atoms. The number of hydrogen-bond donors (Lipinski definition) is 3. The molecule has 0 bridgehead atoms. The molecule has 0 fully saturated rings. The van der Waals surface area contributed by atoms with E-state index in [1.807, 2.05) is 6.08 Å². The van der Waals surface area contributed by atoms with Gasteiger partial charge >= 0.3 is 5.97 Å². The molecule has 0 heterocycles. The van der Waals surface area contributed by atoms with E-state index < -0.39 is 12.1 Å². The number of hydrogen-bond acceptors (Lipinski definition) is 5. The third kappa shape index (κ3) is 55.9. The summed E-state index contributed by atoms with van der Waals surface area (Å²) in [6, 6.07) is -0.632. The van der Waals surface area contributed by atoms with E-state index in [0.717, 1.165) is 38.5 Å². The first-order valence-corrected chi connectivity index (χ1v) is 32.0. The Balaban J connectivity index is 3.42. The van der Waals surface area contributed by atoms with Crippen LogP contribution in [-0.4, -0.2) is 47.4 Å². The van der Waals surface area contributed by atoms with Crippen LogP contribution in [0.5, 0.6) is 0 Å². The van der Waals surface area contributed by atoms with Crippen molar-refractivity contribution in [2.45, 2.75) is 373 Å². The molecule has 416 valence electrons. The average molecular weight is 989 g/mol. The molecular formula is C64H125NO5. The number of aliphatic hydroxyl groups excluding tert-OH is 2. The summed E-state index contributed by atoms with van der Waals surface area (Å²) in [7, 11) is 0. The standard InChI is InChI=1S/C64H125NO5/c1-3-5-7-9-11-13-15-17-19-21-22-23-25-28-32-36-40-44-48-52-56-62(67)61(60-66)65-63(68)57-53-49-45-41-37-33-29-26-24-27-31-35-39-43-47-51-55-59-70-64(69)58-54-50-46-42-38-34-30-20-18-16-14-12-10-8-6-4-2/h52,56,61-62,66-67H,3-51,53-55,57-60H2,1-2H3,(H,65,68)/b56-52+. The molecule has 0 saturated heterocycles. The van der Waals surface area contributed by atoms with Gasteiger partial charge in [0, 0.05) is 12.8 Å². The van der Waals surface area contributed by atoms with Crippen molar-refractivity contribution < 1.29 is 24.5 Å². The molecule has 0 aliphatic heterocycles. The van der Waals surface area contributed by atoms with E-state index in [1.54, 1.807) is 6.08 Å². The van der Waals surface area contributed by atoms with E-state index in [9.17, 15) is 19.8 Å². The van der Waals surface area contributed by atoms with Crippen molar-refractivity contribution >= 4 is 11.9 Å². The largest absolute Gasteiger partial charge is 0.466 e. The van der Waals surface area contributed by atoms with Crippen LogP contribution in [0.2, 0.25) is 0 Å². The van der Waals surface area contributed by atoms with Gasteiger partial charge in [-0.1, -0.05) is 328 Å². The summed E-state index contributed by atoms with van der Waals surface area (Å²) < 4.78 is 5.49. The Morgan fingerprint density at radius 2 is 0.657 bits per heavy atom. The Morgan fingerprint density at radius 1 is 0.386 bits per heavy atom. The van der Waals surface area contributed by atoms with Crippen molar-refractivity contribution in [3.63, 3.8) is 0 Å². The second-order valence-corrected chi connectivity index (χ2v) is 22.1. The van der Waals surface area contributed by atoms with Crippen molar-refractivity contribution in [2.75, 3.05) is 13.2 Å². The molecule has 0 aliphatic rings. The summed E-state index contributed by atoms with van der Waals surface area (Å²) in [6.07, 6.45) is 72.5. The van der Waals surface area contributed by atoms with Gasteiger partial charge in [-0.3, -0.25) is 9.59 Å². The monoisotopic (exact) mass is 988 g/mol. The highest BCUT2D eigenvalue weighted by molar-refractivity contribution is 5.76. The highest BCUT2D eigenvalue weighted by Gasteiger charge is 2.18. The van der Waals surface area contributed by atoms with Crippen LogP contribution in [0.3, 0.4) is 0 Å². The quantitative estimate of drug-likeness (QED) is 0.0321. The van der Waals surface area contributed by atoms with Gasteiger partial charge in [-0.25, -0.2) is 0 Å². The van der Waals surface area contributed by atoms with Gasteiger partial charge in [0.05, 0.1) is 25.4 Å². The number of nitrogens with one attached hydrogen (secondary N) is 1. The summed E-state index contributed by atoms with van der Waals surface area (Å²) in [5, 5.41) is 23.2. The fraction of sp³-hybridized carbons (Fsp3) is 0.938. The number of aliphatic hydroxyl groups is 2. The third-order valence-electron chi connectivity index (χ3n) is 15.1. The van der Waals surface area contributed by atoms with Crippen LogP contribution in [0.4, 0.5) is 0 Å². The molecule has 0 aliphatic carbocycles. The molecule has 0 aromatic rings. The first-order chi connectivity index (χ1) is 34.5. The average Bonchev–Trinajstić information content (AvgIpc) is 3.36. The van der Waals surface area contributed by atoms with Crippen LogP contribution in [0.1, 0.15) is 361 Å². The van der Waals surface area contributed by atoms with Crippen molar-refractivity contribution in [1.82, 2.24) is 5.32 Å². The Morgan fingerprint density at radius 3 is 0.971 bits per heavy atom. The zero-order valence-electron chi connectivity index (χ0n) is 47.5. The molecule has 2 atom stereocenters. The lowest BCUT2D eigenvalue weighted by molar-refractivity contribution is -0.143. The van der Waals surface area contributed by atoms with E-state index in [1.165, 1.54) is 295 Å². The highest BCUT2D eigenvalue weighted by Crippen LogP contribution is 2.18. The summed E-state index contributed by atoms with van der Waals surface area (Å²) in [5.41, 5.74) is 0. The molecular weight excluding hydrogens is 863 g/mol. The second-order valence-electron chi connectivity index (χ2n) is 22.1. The molecule has 2 unspecified atom stereocenters. The van der Waals surface area contributed by atoms with Crippen LogP contribution in [0, 0.1) is 0 Å². The lowest BCUT2D eigenvalue weighted by atomic mass is 10.0. The third-order valence-corrected chi connectivity index (χ3v) is 15.1. The van der Waals surface area contributed by atoms with Crippen LogP contribution in [0.25, 0.3) is 0 Å². The predicted molar refractivity (Wildman–Crippen MR) is 306 cm³/mol. The fourth-order valence-corrected chi connectivity index (χ4v) is 10.2. The van der Waals surface area contributed by atoms with Gasteiger partial charge in [-0.15, -0.1) is 0 Å². The molecule has 1 amide bonds. The maximum atomic E-state index is 12.5. The van der Waals surface area contributed by atoms with Gasteiger partial charge in [-0.05, 0) is 32.1 Å². The number of esters is 1. The van der Waals surface area contributed by atoms with Crippen LogP contribution in [0.15, 0.2) is 12.2 Å². The number of ether oxygens (including phenoxy) is 1. The summed E-state index contributed by atoms with van der Waals surface area (Å²) in [5.74, 6) is -0.0604. The zero-order valence-corrected chi connectivity index (χ0v) is 47.5. The lowest BCUT2D eigenvalue weighted by Crippen LogP contribution is -2.45. The first-order valence-electron chi connectivity index (χ1n) is 32.0. The molecule has 0 saturated carbocycles. The second kappa shape index (κ2) is 60.2. The number of carbonyl (C=O) groups excluding carboxylic acids is 2. The lowest BCUT2D eigenvalue weighted by Gasteiger charge is -2.20. The van der Waals surface area contributed by atoms with Crippen molar-refractivity contribution in [3.8, 4) is 0 Å². The zero-order chi connectivity index (χ0) is 50.7. The minimum Gasteiger partial charge on any atom is -0.466 e. The van der Waals surface area contributed by atoms with Gasteiger partial charge in [0.25, 0.3) is 0 Å². The number of allylic oxidation sites excluding steroid dienone is 1. The van der Waals surface area contributed by atoms with E-state index >= 15 is 0 Å². The number of unbranched alkanes of at least 4 members (excludes halogenated alkanes) is 49. The Hall–Kier alpha value is -1.40. The van der Waals surface area contributed by atoms with Crippen molar-refractivity contribution in [3.05, 3.63) is 12.2 Å². The molecule has 6 heteroatoms. The predicted octanol–water partition coefficient (Wildman–Crippen LogP) is 20.0. The topological polar surface area (TPSA) is 95.9 Å². The smallest absolute Gasteiger partial charge is 0.305 e. The van der Waals surface area contributed by atoms with Crippen molar-refractivity contribution in [2.24, 2.45) is 0 Å². The van der Waals surface area contributed by atoms with Gasteiger partial charge in [0.15, 0.2) is 0 Å². The Bertz CT molecular complexity index is 1050. The molecule has 0 aromatic heterocycles. The van der Waals surface area contributed by atoms with Gasteiger partial charge in [0.2, 0.25) is 5.91 Å². The molecule has 70 heavy (non-hydrogen) atoms. The van der Waals surface area contributed by atoms with Gasteiger partial charge < -0.3 is 20.3 Å². The summed E-state index contributed by atoms with van der Waals surface area (Å²) in [4.78, 5) is 24.6. The maximum Gasteiger partial charge on any atom is 0.305 e. The van der Waals surface area contributed by atoms with Crippen LogP contribution >= 0.6 is 0 Å². The van der Waals surface area contributed by atoms with Gasteiger partial charge in [-0.2, -0.15) is 0 Å². The molecule has 0 aromatic carbocycles. The van der Waals surface area contributed by atoms with Crippen LogP contribution < -0.4 is 5.32 Å². The minimum absolute atomic E-state index is 0.00891. The Labute approximate surface area is 438 Å². The Kier molecular flexibility index (Phi) is 59.0. The minimum atomic E-state index is -0.848. The number of rotatable bonds is 60. The van der Waals surface area contributed by atoms with Crippen LogP contribution in [-0.2, 0) is 14.3 Å². The number of carbonyl (C=O) groups is 2. The summed E-state index contributed by atoms with van der Waals surface area (Å²) in [6.45, 7) is 4.93. The van der Waals surface area contributed by atoms with E-state index in [0.29, 0.717) is 19.4 Å². The first kappa shape index (κ1) is 68.6. The SMILES string of the molecule is CCCCCCCCCCCCCCCCCCCC/C=C/C(O)C(CO)NC(=O)CCCCCCCCCCCCCCCCCCCOC(=O)CCCCCCCCCCCCCCCCCC. The fourth-order valence-electron chi connectivity index (χ4n) is 10.2. The maximum absolute atomic E-state index is 12.5. The summed E-state index contributed by atoms with van der Waals surface area (Å²) >= 11 is 0. The highest BCUT2D eigenvalue weighted by atomic mass is 16.5.